The van der Waals surface area contributed by atoms with Crippen molar-refractivity contribution >= 4 is 11.6 Å². The SMILES string of the molecule is O=C(Nc1ccc(OC2CCCC2)c(F)c1)C1=C(CC(F)(F)F)OC(N2CC3(C2)CC(F)(F)C3)N1. The van der Waals surface area contributed by atoms with Crippen LogP contribution in [0.4, 0.5) is 32.0 Å². The Kier molecular flexibility index (Phi) is 5.84. The van der Waals surface area contributed by atoms with E-state index in [1.165, 1.54) is 12.1 Å². The van der Waals surface area contributed by atoms with Gasteiger partial charge in [-0.1, -0.05) is 0 Å². The number of rotatable bonds is 6. The zero-order valence-corrected chi connectivity index (χ0v) is 18.7. The van der Waals surface area contributed by atoms with E-state index < -0.39 is 53.5 Å². The predicted octanol–water partition coefficient (Wildman–Crippen LogP) is 4.88. The van der Waals surface area contributed by atoms with Gasteiger partial charge in [0.05, 0.1) is 6.10 Å². The van der Waals surface area contributed by atoms with Crippen LogP contribution in [0.1, 0.15) is 44.9 Å². The molecule has 1 saturated heterocycles. The van der Waals surface area contributed by atoms with Gasteiger partial charge in [-0.2, -0.15) is 13.2 Å². The normalized spacial score (nSPS) is 25.6. The summed E-state index contributed by atoms with van der Waals surface area (Å²) in [7, 11) is 0. The molecule has 2 aliphatic carbocycles. The Labute approximate surface area is 197 Å². The first-order valence-corrected chi connectivity index (χ1v) is 11.5. The number of ether oxygens (including phenoxy) is 2. The number of allylic oxidation sites excluding steroid dienone is 1. The van der Waals surface area contributed by atoms with Gasteiger partial charge >= 0.3 is 6.18 Å². The van der Waals surface area contributed by atoms with Crippen LogP contribution in [-0.2, 0) is 9.53 Å². The molecule has 0 radical (unpaired) electrons. The molecule has 35 heavy (non-hydrogen) atoms. The number of hydrogen-bond donors (Lipinski definition) is 2. The van der Waals surface area contributed by atoms with Crippen LogP contribution in [-0.4, -0.2) is 48.5 Å². The summed E-state index contributed by atoms with van der Waals surface area (Å²) in [6, 6.07) is 3.80. The molecule has 2 saturated carbocycles. The van der Waals surface area contributed by atoms with Crippen molar-refractivity contribution in [2.75, 3.05) is 18.4 Å². The number of hydrogen-bond acceptors (Lipinski definition) is 5. The Hall–Kier alpha value is -2.63. The highest BCUT2D eigenvalue weighted by Gasteiger charge is 2.63. The Bertz CT molecular complexity index is 1020. The van der Waals surface area contributed by atoms with Gasteiger partial charge in [0.2, 0.25) is 12.3 Å². The van der Waals surface area contributed by atoms with Crippen LogP contribution in [0, 0.1) is 11.2 Å². The van der Waals surface area contributed by atoms with Gasteiger partial charge in [-0.25, -0.2) is 18.1 Å². The average molecular weight is 505 g/mol. The summed E-state index contributed by atoms with van der Waals surface area (Å²) in [5.41, 5.74) is -0.960. The van der Waals surface area contributed by atoms with Crippen molar-refractivity contribution in [3.63, 3.8) is 0 Å². The molecule has 1 atom stereocenters. The maximum atomic E-state index is 14.5. The molecule has 2 aliphatic heterocycles. The van der Waals surface area contributed by atoms with Crippen LogP contribution in [0.25, 0.3) is 0 Å². The van der Waals surface area contributed by atoms with Crippen LogP contribution >= 0.6 is 0 Å². The number of halogens is 6. The molecule has 1 aromatic carbocycles. The number of benzene rings is 1. The van der Waals surface area contributed by atoms with E-state index in [0.29, 0.717) is 0 Å². The minimum absolute atomic E-state index is 0.0370. The smallest absolute Gasteiger partial charge is 0.396 e. The van der Waals surface area contributed by atoms with Crippen molar-refractivity contribution in [1.29, 1.82) is 0 Å². The first kappa shape index (κ1) is 24.1. The van der Waals surface area contributed by atoms with Crippen LogP contribution in [0.5, 0.6) is 5.75 Å². The fourth-order valence-electron chi connectivity index (χ4n) is 5.40. The van der Waals surface area contributed by atoms with Crippen LogP contribution < -0.4 is 15.4 Å². The maximum absolute atomic E-state index is 14.5. The van der Waals surface area contributed by atoms with E-state index in [0.717, 1.165) is 31.7 Å². The summed E-state index contributed by atoms with van der Waals surface area (Å²) in [6.07, 6.45) is -4.13. The zero-order valence-electron chi connectivity index (χ0n) is 18.7. The van der Waals surface area contributed by atoms with Crippen LogP contribution in [0.15, 0.2) is 29.7 Å². The molecule has 4 aliphatic rings. The van der Waals surface area contributed by atoms with Crippen molar-refractivity contribution in [1.82, 2.24) is 10.2 Å². The van der Waals surface area contributed by atoms with Crippen LogP contribution in [0.2, 0.25) is 0 Å². The van der Waals surface area contributed by atoms with Gasteiger partial charge in [-0.3, -0.25) is 4.79 Å². The third kappa shape index (κ3) is 5.17. The van der Waals surface area contributed by atoms with Gasteiger partial charge in [0.1, 0.15) is 17.9 Å². The summed E-state index contributed by atoms with van der Waals surface area (Å²) in [4.78, 5) is 14.4. The molecule has 12 heteroatoms. The van der Waals surface area contributed by atoms with Gasteiger partial charge in [-0.15, -0.1) is 0 Å². The lowest BCUT2D eigenvalue weighted by Gasteiger charge is -2.59. The Morgan fingerprint density at radius 2 is 1.89 bits per heavy atom. The first-order valence-electron chi connectivity index (χ1n) is 11.5. The Morgan fingerprint density at radius 1 is 1.20 bits per heavy atom. The fourth-order valence-corrected chi connectivity index (χ4v) is 5.40. The molecule has 6 nitrogen and oxygen atoms in total. The molecular formula is C23H25F6N3O3. The number of nitrogens with one attached hydrogen (secondary N) is 2. The van der Waals surface area contributed by atoms with Crippen molar-refractivity contribution in [3.8, 4) is 5.75 Å². The van der Waals surface area contributed by atoms with E-state index in [4.69, 9.17) is 9.47 Å². The highest BCUT2D eigenvalue weighted by molar-refractivity contribution is 6.04. The molecular weight excluding hydrogens is 480 g/mol. The zero-order chi connectivity index (χ0) is 25.0. The third-order valence-corrected chi connectivity index (χ3v) is 6.85. The lowest BCUT2D eigenvalue weighted by atomic mass is 9.61. The molecule has 2 heterocycles. The molecule has 0 bridgehead atoms. The Balaban J connectivity index is 1.24. The fraction of sp³-hybridized carbons (Fsp3) is 0.609. The summed E-state index contributed by atoms with van der Waals surface area (Å²) >= 11 is 0. The molecule has 192 valence electrons. The van der Waals surface area contributed by atoms with Crippen molar-refractivity contribution in [2.24, 2.45) is 5.41 Å². The van der Waals surface area contributed by atoms with Crippen molar-refractivity contribution in [3.05, 3.63) is 35.5 Å². The molecule has 1 spiro atoms. The largest absolute Gasteiger partial charge is 0.487 e. The number of likely N-dealkylation sites (tertiary alicyclic amines) is 1. The quantitative estimate of drug-likeness (QED) is 0.540. The van der Waals surface area contributed by atoms with Crippen molar-refractivity contribution in [2.45, 2.75) is 69.5 Å². The van der Waals surface area contributed by atoms with Gasteiger partial charge in [0.15, 0.2) is 11.6 Å². The molecule has 1 unspecified atom stereocenters. The maximum Gasteiger partial charge on any atom is 0.396 e. The molecule has 2 N–H and O–H groups in total. The van der Waals surface area contributed by atoms with E-state index in [-0.39, 0.29) is 43.5 Å². The third-order valence-electron chi connectivity index (χ3n) is 6.85. The van der Waals surface area contributed by atoms with E-state index >= 15 is 0 Å². The number of carbonyl (C=O) groups is 1. The lowest BCUT2D eigenvalue weighted by molar-refractivity contribution is -0.240. The van der Waals surface area contributed by atoms with Gasteiger partial charge in [-0.05, 0) is 37.8 Å². The van der Waals surface area contributed by atoms with Gasteiger partial charge in [0, 0.05) is 43.1 Å². The molecule has 0 aromatic heterocycles. The lowest BCUT2D eigenvalue weighted by Crippen LogP contribution is -2.69. The van der Waals surface area contributed by atoms with Crippen molar-refractivity contribution < 1.29 is 40.6 Å². The topological polar surface area (TPSA) is 62.8 Å². The summed E-state index contributed by atoms with van der Waals surface area (Å²) in [6.45, 7) is 0.449. The second-order valence-electron chi connectivity index (χ2n) is 9.94. The summed E-state index contributed by atoms with van der Waals surface area (Å²) in [5.74, 6) is -4.91. The molecule has 5 rings (SSSR count). The van der Waals surface area contributed by atoms with E-state index in [2.05, 4.69) is 10.6 Å². The Morgan fingerprint density at radius 3 is 2.49 bits per heavy atom. The molecule has 3 fully saturated rings. The molecule has 1 aromatic rings. The second kappa shape index (κ2) is 8.49. The number of amides is 1. The summed E-state index contributed by atoms with van der Waals surface area (Å²) in [5, 5.41) is 5.02. The number of alkyl halides is 5. The highest BCUT2D eigenvalue weighted by Crippen LogP contribution is 2.57. The van der Waals surface area contributed by atoms with Crippen LogP contribution in [0.3, 0.4) is 0 Å². The number of nitrogens with zero attached hydrogens (tertiary/aromatic N) is 1. The molecule has 1 amide bonds. The van der Waals surface area contributed by atoms with E-state index in [9.17, 15) is 31.1 Å². The average Bonchev–Trinajstić information content (AvgIpc) is 3.34. The second-order valence-corrected chi connectivity index (χ2v) is 9.94. The monoisotopic (exact) mass is 505 g/mol. The van der Waals surface area contributed by atoms with Gasteiger partial charge < -0.3 is 20.1 Å². The van der Waals surface area contributed by atoms with E-state index in [1.54, 1.807) is 4.90 Å². The highest BCUT2D eigenvalue weighted by atomic mass is 19.4. The number of carbonyl (C=O) groups excluding carboxylic acids is 1. The van der Waals surface area contributed by atoms with E-state index in [1.807, 2.05) is 0 Å². The summed E-state index contributed by atoms with van der Waals surface area (Å²) < 4.78 is 91.3. The van der Waals surface area contributed by atoms with Gasteiger partial charge in [0.25, 0.3) is 5.91 Å². The minimum atomic E-state index is -4.64. The first-order chi connectivity index (χ1) is 16.4. The minimum Gasteiger partial charge on any atom is -0.487 e. The predicted molar refractivity (Wildman–Crippen MR) is 112 cm³/mol. The standard InChI is InChI=1S/C23H25F6N3O3/c24-15-7-13(5-6-16(15)34-14-3-1-2-4-14)30-19(33)18-17(8-23(27,28)29)35-20(31-18)32-11-21(12-32)9-22(25,26)10-21/h5-7,14,20,31H,1-4,8-12H2,(H,30,33). The number of anilines is 1.